The van der Waals surface area contributed by atoms with Gasteiger partial charge in [-0.25, -0.2) is 0 Å². The quantitative estimate of drug-likeness (QED) is 0.197. The van der Waals surface area contributed by atoms with Gasteiger partial charge in [0.15, 0.2) is 0 Å². The molecule has 1 fully saturated rings. The number of likely N-dealkylation sites (tertiary alicyclic amines) is 1. The zero-order valence-electron chi connectivity index (χ0n) is 19.2. The number of carbonyl (C=O) groups is 1. The third-order valence-electron chi connectivity index (χ3n) is 4.12. The molecule has 0 bridgehead atoms. The van der Waals surface area contributed by atoms with Crippen molar-refractivity contribution < 1.29 is 52.1 Å². The Morgan fingerprint density at radius 1 is 0.941 bits per heavy atom. The summed E-state index contributed by atoms with van der Waals surface area (Å²) in [6, 6.07) is 10.1. The van der Waals surface area contributed by atoms with Crippen LogP contribution in [0.3, 0.4) is 0 Å². The Labute approximate surface area is 212 Å². The van der Waals surface area contributed by atoms with Gasteiger partial charge in [-0.1, -0.05) is 0 Å². The first-order valence-electron chi connectivity index (χ1n) is 9.47. The van der Waals surface area contributed by atoms with E-state index in [1.165, 1.54) is 37.9 Å². The molecule has 1 aromatic carbocycles. The number of nitrogens with zero attached hydrogens (tertiary/aromatic N) is 1. The number of allylic oxidation sites excluding steroid dienone is 2. The molecule has 1 aliphatic heterocycles. The van der Waals surface area contributed by atoms with Crippen LogP contribution in [0.15, 0.2) is 47.7 Å². The van der Waals surface area contributed by atoms with E-state index in [-0.39, 0.29) is 5.78 Å². The first-order chi connectivity index (χ1) is 16.5. The summed E-state index contributed by atoms with van der Waals surface area (Å²) in [6.07, 6.45) is 4.19. The van der Waals surface area contributed by atoms with Crippen molar-refractivity contribution in [3.63, 3.8) is 0 Å². The van der Waals surface area contributed by atoms with E-state index in [0.717, 1.165) is 33.9 Å². The van der Waals surface area contributed by atoms with E-state index < -0.39 is 0 Å². The maximum absolute atomic E-state index is 11.9. The SMILES string of the molecule is CCO[C](=[W])C(=C(C)N1CCCC1)/C(=C\C(C)=O)c1ccccc1.[C-]#[O+].[C-]#[O+].[C-]#[O+].[C-]#[O+].[C-]#[O+]. The van der Waals surface area contributed by atoms with E-state index in [2.05, 4.69) is 57.2 Å². The number of ketones is 1. The average molecular weight is 635 g/mol. The van der Waals surface area contributed by atoms with Crippen LogP contribution in [0.4, 0.5) is 0 Å². The summed E-state index contributed by atoms with van der Waals surface area (Å²) in [6.45, 7) is 31.0. The van der Waals surface area contributed by atoms with Gasteiger partial charge in [0.25, 0.3) is 0 Å². The molecule has 0 spiro atoms. The summed E-state index contributed by atoms with van der Waals surface area (Å²) >= 11 is 1.28. The number of benzene rings is 1. The Bertz CT molecular complexity index is 837. The summed E-state index contributed by atoms with van der Waals surface area (Å²) in [7, 11) is 0. The molecule has 0 aliphatic carbocycles. The van der Waals surface area contributed by atoms with Gasteiger partial charge in [-0.3, -0.25) is 0 Å². The number of rotatable bonds is 7. The number of hydrogen-bond donors (Lipinski definition) is 0. The zero-order chi connectivity index (χ0) is 27.5. The molecular weight excluding hydrogens is 610 g/mol. The summed E-state index contributed by atoms with van der Waals surface area (Å²) in [4.78, 5) is 14.3. The minimum atomic E-state index is 0.0554. The Hall–Kier alpha value is -2.61. The molecule has 0 saturated carbocycles. The van der Waals surface area contributed by atoms with Crippen molar-refractivity contribution in [3.05, 3.63) is 86.5 Å². The molecule has 34 heavy (non-hydrogen) atoms. The summed E-state index contributed by atoms with van der Waals surface area (Å²) < 4.78 is 44.3. The number of hydrogen-bond acceptors (Lipinski definition) is 3. The van der Waals surface area contributed by atoms with Crippen LogP contribution in [0.1, 0.15) is 39.2 Å². The fourth-order valence-electron chi connectivity index (χ4n) is 2.99. The van der Waals surface area contributed by atoms with Crippen LogP contribution in [0.2, 0.25) is 0 Å². The Kier molecular flexibility index (Phi) is 32.3. The average Bonchev–Trinajstić information content (AvgIpc) is 3.45. The van der Waals surface area contributed by atoms with Crippen molar-refractivity contribution in [2.24, 2.45) is 0 Å². The molecule has 2 rings (SSSR count). The predicted octanol–water partition coefficient (Wildman–Crippen LogP) is 3.55. The van der Waals surface area contributed by atoms with Crippen LogP contribution in [-0.4, -0.2) is 34.5 Å². The predicted molar refractivity (Wildman–Crippen MR) is 115 cm³/mol. The van der Waals surface area contributed by atoms with Gasteiger partial charge >= 0.3 is 212 Å². The minimum absolute atomic E-state index is 0.0554. The monoisotopic (exact) mass is 635 g/mol. The number of ether oxygens (including phenoxy) is 1. The molecule has 9 heteroatoms. The Morgan fingerprint density at radius 2 is 1.38 bits per heavy atom. The van der Waals surface area contributed by atoms with Gasteiger partial charge in [-0.2, -0.15) is 0 Å². The Morgan fingerprint density at radius 3 is 1.76 bits per heavy atom. The van der Waals surface area contributed by atoms with Crippen molar-refractivity contribution >= 4 is 15.4 Å². The topological polar surface area (TPSA) is 129 Å². The first kappa shape index (κ1) is 38.6. The van der Waals surface area contributed by atoms with E-state index in [4.69, 9.17) is 28.0 Å². The van der Waals surface area contributed by atoms with E-state index >= 15 is 0 Å². The van der Waals surface area contributed by atoms with Crippen molar-refractivity contribution in [2.75, 3.05) is 19.7 Å². The van der Waals surface area contributed by atoms with Crippen molar-refractivity contribution in [1.29, 1.82) is 0 Å². The second-order valence-corrected chi connectivity index (χ2v) is 7.24. The van der Waals surface area contributed by atoms with Crippen molar-refractivity contribution in [1.82, 2.24) is 4.90 Å². The summed E-state index contributed by atoms with van der Waals surface area (Å²) in [5, 5.41) is 0. The molecule has 0 atom stereocenters. The third kappa shape index (κ3) is 15.3. The standard InChI is InChI=1S/C20H25NO2.5CO.W/c1-4-23-15-20(17(3)21-12-8-9-13-21)19(14-16(2)22)18-10-6-5-7-11-18;5*1-2;/h5-7,10-11,14H,4,8-9,12-13H2,1-3H3;;;;;;/b19-14-,20-17?;;;;;;. The molecule has 1 heterocycles. The van der Waals surface area contributed by atoms with Gasteiger partial charge < -0.3 is 0 Å². The second-order valence-electron chi connectivity index (χ2n) is 5.91. The van der Waals surface area contributed by atoms with Gasteiger partial charge in [0.05, 0.1) is 0 Å². The molecule has 178 valence electrons. The fourth-order valence-corrected chi connectivity index (χ4v) is 4.34. The second kappa shape index (κ2) is 28.4. The number of carbonyl (C=O) groups excluding carboxylic acids is 1. The van der Waals surface area contributed by atoms with Crippen LogP contribution in [-0.2, 0) is 52.1 Å². The van der Waals surface area contributed by atoms with Crippen LogP contribution < -0.4 is 0 Å². The van der Waals surface area contributed by atoms with Gasteiger partial charge in [0.2, 0.25) is 0 Å². The summed E-state index contributed by atoms with van der Waals surface area (Å²) in [5.74, 6) is 0.0554. The molecule has 1 aliphatic rings. The zero-order valence-corrected chi connectivity index (χ0v) is 22.1. The first-order valence-corrected chi connectivity index (χ1v) is 10.9. The van der Waals surface area contributed by atoms with Gasteiger partial charge in [-0.15, -0.1) is 0 Å². The van der Waals surface area contributed by atoms with E-state index in [9.17, 15) is 4.79 Å². The molecular formula is C25H25NO7W. The molecule has 0 amide bonds. The van der Waals surface area contributed by atoms with Gasteiger partial charge in [0, 0.05) is 0 Å². The fraction of sp³-hybridized carbons (Fsp3) is 0.320. The van der Waals surface area contributed by atoms with Gasteiger partial charge in [-0.05, 0) is 0 Å². The molecule has 0 radical (unpaired) electrons. The van der Waals surface area contributed by atoms with Crippen LogP contribution >= 0.6 is 0 Å². The van der Waals surface area contributed by atoms with E-state index in [1.54, 1.807) is 13.0 Å². The molecule has 0 N–H and O–H groups in total. The molecule has 0 aromatic heterocycles. The van der Waals surface area contributed by atoms with E-state index in [0.29, 0.717) is 6.61 Å². The molecule has 1 saturated heterocycles. The van der Waals surface area contributed by atoms with Crippen LogP contribution in [0, 0.1) is 33.3 Å². The maximum atomic E-state index is 11.9. The van der Waals surface area contributed by atoms with Crippen molar-refractivity contribution in [2.45, 2.75) is 33.6 Å². The van der Waals surface area contributed by atoms with Crippen LogP contribution in [0.25, 0.3) is 5.57 Å². The molecule has 8 nitrogen and oxygen atoms in total. The van der Waals surface area contributed by atoms with Crippen LogP contribution in [0.5, 0.6) is 0 Å². The summed E-state index contributed by atoms with van der Waals surface area (Å²) in [5.41, 5.74) is 4.31. The third-order valence-corrected chi connectivity index (χ3v) is 5.28. The van der Waals surface area contributed by atoms with Crippen molar-refractivity contribution in [3.8, 4) is 0 Å². The van der Waals surface area contributed by atoms with E-state index in [1.807, 2.05) is 25.1 Å². The molecule has 1 aromatic rings. The molecule has 0 unspecified atom stereocenters. The normalized spacial score (nSPS) is 11.7. The van der Waals surface area contributed by atoms with Gasteiger partial charge in [0.1, 0.15) is 0 Å². The Balaban J connectivity index is -0.000000398.